The lowest BCUT2D eigenvalue weighted by atomic mass is 9.98. The number of methoxy groups -OCH3 is 1. The predicted octanol–water partition coefficient (Wildman–Crippen LogP) is 4.51. The van der Waals surface area contributed by atoms with E-state index < -0.39 is 0 Å². The summed E-state index contributed by atoms with van der Waals surface area (Å²) in [7, 11) is 1.61. The molecule has 2 aromatic rings. The summed E-state index contributed by atoms with van der Waals surface area (Å²) in [5.41, 5.74) is 4.74. The molecule has 0 aromatic heterocycles. The quantitative estimate of drug-likeness (QED) is 0.584. The Hall–Kier alpha value is -0.780. The molecule has 0 radical (unpaired) electrons. The first kappa shape index (κ1) is 16.6. The summed E-state index contributed by atoms with van der Waals surface area (Å²) >= 11 is 15.7. The normalized spacial score (nSPS) is 12.2. The molecule has 0 saturated carbocycles. The van der Waals surface area contributed by atoms with Gasteiger partial charge in [0.05, 0.1) is 13.2 Å². The van der Waals surface area contributed by atoms with Crippen LogP contribution >= 0.6 is 39.1 Å². The molecule has 21 heavy (non-hydrogen) atoms. The molecule has 0 aliphatic heterocycles. The number of nitrogens with two attached hydrogens (primary N) is 1. The maximum absolute atomic E-state index is 6.27. The molecule has 0 spiro atoms. The maximum Gasteiger partial charge on any atom is 0.125 e. The van der Waals surface area contributed by atoms with Crippen molar-refractivity contribution in [2.45, 2.75) is 12.5 Å². The largest absolute Gasteiger partial charge is 0.496 e. The van der Waals surface area contributed by atoms with Crippen LogP contribution in [0.4, 0.5) is 0 Å². The first-order valence-electron chi connectivity index (χ1n) is 6.28. The van der Waals surface area contributed by atoms with Gasteiger partial charge in [0, 0.05) is 20.1 Å². The van der Waals surface area contributed by atoms with Crippen molar-refractivity contribution in [1.82, 2.24) is 5.43 Å². The Labute approximate surface area is 142 Å². The van der Waals surface area contributed by atoms with Crippen LogP contribution in [0.2, 0.25) is 10.0 Å². The highest BCUT2D eigenvalue weighted by Crippen LogP contribution is 2.32. The number of benzene rings is 2. The minimum Gasteiger partial charge on any atom is -0.496 e. The molecule has 0 heterocycles. The van der Waals surface area contributed by atoms with Gasteiger partial charge in [0.15, 0.2) is 0 Å². The van der Waals surface area contributed by atoms with E-state index >= 15 is 0 Å². The average molecular weight is 390 g/mol. The van der Waals surface area contributed by atoms with Gasteiger partial charge >= 0.3 is 0 Å². The van der Waals surface area contributed by atoms with Crippen molar-refractivity contribution >= 4 is 39.1 Å². The van der Waals surface area contributed by atoms with Crippen LogP contribution in [0.1, 0.15) is 17.2 Å². The third-order valence-electron chi connectivity index (χ3n) is 3.21. The van der Waals surface area contributed by atoms with Crippen LogP contribution in [-0.4, -0.2) is 7.11 Å². The van der Waals surface area contributed by atoms with Crippen molar-refractivity contribution in [2.75, 3.05) is 7.11 Å². The Morgan fingerprint density at radius 2 is 2.00 bits per heavy atom. The lowest BCUT2D eigenvalue weighted by molar-refractivity contribution is 0.399. The van der Waals surface area contributed by atoms with Crippen LogP contribution in [0.15, 0.2) is 40.9 Å². The Balaban J connectivity index is 2.32. The Morgan fingerprint density at radius 3 is 2.62 bits per heavy atom. The zero-order valence-corrected chi connectivity index (χ0v) is 14.5. The fraction of sp³-hybridized carbons (Fsp3) is 0.200. The lowest BCUT2D eigenvalue weighted by Gasteiger charge is -2.20. The van der Waals surface area contributed by atoms with Gasteiger partial charge in [0.1, 0.15) is 5.75 Å². The van der Waals surface area contributed by atoms with Gasteiger partial charge < -0.3 is 4.74 Å². The molecule has 112 valence electrons. The van der Waals surface area contributed by atoms with Crippen molar-refractivity contribution in [2.24, 2.45) is 5.84 Å². The highest BCUT2D eigenvalue weighted by molar-refractivity contribution is 9.10. The summed E-state index contributed by atoms with van der Waals surface area (Å²) < 4.78 is 6.32. The summed E-state index contributed by atoms with van der Waals surface area (Å²) in [6, 6.07) is 11.1. The first-order chi connectivity index (χ1) is 10.0. The molecule has 1 atom stereocenters. The van der Waals surface area contributed by atoms with Crippen LogP contribution < -0.4 is 16.0 Å². The molecule has 1 unspecified atom stereocenters. The van der Waals surface area contributed by atoms with E-state index in [0.717, 1.165) is 15.6 Å². The summed E-state index contributed by atoms with van der Waals surface area (Å²) in [5, 5.41) is 1.31. The summed E-state index contributed by atoms with van der Waals surface area (Å²) in [4.78, 5) is 0. The fourth-order valence-corrected chi connectivity index (χ4v) is 3.05. The second-order valence-electron chi connectivity index (χ2n) is 4.55. The van der Waals surface area contributed by atoms with Gasteiger partial charge in [-0.2, -0.15) is 0 Å². The van der Waals surface area contributed by atoms with E-state index in [1.54, 1.807) is 13.2 Å². The Morgan fingerprint density at radius 1 is 1.24 bits per heavy atom. The Bertz CT molecular complexity index is 637. The standard InChI is InChI=1S/C15H15BrCl2N2O/c1-21-15-8-11(17)4-5-12(15)14(20-19)6-9-2-3-10(16)7-13(9)18/h2-5,7-8,14,20H,6,19H2,1H3. The van der Waals surface area contributed by atoms with Crippen molar-refractivity contribution in [3.8, 4) is 5.75 Å². The van der Waals surface area contributed by atoms with Crippen LogP contribution in [0.3, 0.4) is 0 Å². The smallest absolute Gasteiger partial charge is 0.125 e. The van der Waals surface area contributed by atoms with E-state index in [2.05, 4.69) is 21.4 Å². The van der Waals surface area contributed by atoms with Gasteiger partial charge in [-0.3, -0.25) is 11.3 Å². The van der Waals surface area contributed by atoms with E-state index in [-0.39, 0.29) is 6.04 Å². The third kappa shape index (κ3) is 4.11. The van der Waals surface area contributed by atoms with Gasteiger partial charge in [0.25, 0.3) is 0 Å². The molecule has 0 bridgehead atoms. The highest BCUT2D eigenvalue weighted by atomic mass is 79.9. The van der Waals surface area contributed by atoms with Gasteiger partial charge in [-0.15, -0.1) is 0 Å². The van der Waals surface area contributed by atoms with Crippen LogP contribution in [-0.2, 0) is 6.42 Å². The molecule has 6 heteroatoms. The SMILES string of the molecule is COc1cc(Cl)ccc1C(Cc1ccc(Br)cc1Cl)NN. The maximum atomic E-state index is 6.27. The lowest BCUT2D eigenvalue weighted by Crippen LogP contribution is -2.30. The predicted molar refractivity (Wildman–Crippen MR) is 90.9 cm³/mol. The molecular formula is C15H15BrCl2N2O. The van der Waals surface area contributed by atoms with Crippen LogP contribution in [0, 0.1) is 0 Å². The number of rotatable bonds is 5. The fourth-order valence-electron chi connectivity index (χ4n) is 2.14. The topological polar surface area (TPSA) is 47.3 Å². The highest BCUT2D eigenvalue weighted by Gasteiger charge is 2.17. The number of hydrogen-bond acceptors (Lipinski definition) is 3. The minimum atomic E-state index is -0.129. The zero-order valence-electron chi connectivity index (χ0n) is 11.4. The molecule has 0 aliphatic carbocycles. The van der Waals surface area contributed by atoms with Crippen LogP contribution in [0.25, 0.3) is 0 Å². The molecule has 2 aromatic carbocycles. The average Bonchev–Trinajstić information content (AvgIpc) is 2.47. The van der Waals surface area contributed by atoms with Gasteiger partial charge in [-0.25, -0.2) is 0 Å². The summed E-state index contributed by atoms with van der Waals surface area (Å²) in [6.45, 7) is 0. The first-order valence-corrected chi connectivity index (χ1v) is 7.83. The monoisotopic (exact) mass is 388 g/mol. The molecular weight excluding hydrogens is 375 g/mol. The van der Waals surface area contributed by atoms with Crippen molar-refractivity contribution in [3.05, 3.63) is 62.0 Å². The number of hydrogen-bond donors (Lipinski definition) is 2. The van der Waals surface area contributed by atoms with Gasteiger partial charge in [-0.05, 0) is 36.2 Å². The number of nitrogens with one attached hydrogen (secondary N) is 1. The van der Waals surface area contributed by atoms with E-state index in [0.29, 0.717) is 22.2 Å². The summed E-state index contributed by atoms with van der Waals surface area (Å²) in [6.07, 6.45) is 0.639. The van der Waals surface area contributed by atoms with E-state index in [4.69, 9.17) is 33.8 Å². The number of halogens is 3. The molecule has 0 aliphatic rings. The van der Waals surface area contributed by atoms with Crippen molar-refractivity contribution < 1.29 is 4.74 Å². The zero-order chi connectivity index (χ0) is 15.4. The molecule has 0 amide bonds. The molecule has 3 nitrogen and oxygen atoms in total. The molecule has 2 rings (SSSR count). The van der Waals surface area contributed by atoms with Crippen molar-refractivity contribution in [3.63, 3.8) is 0 Å². The second kappa shape index (κ2) is 7.47. The van der Waals surface area contributed by atoms with E-state index in [1.807, 2.05) is 30.3 Å². The van der Waals surface area contributed by atoms with Gasteiger partial charge in [-0.1, -0.05) is 51.3 Å². The Kier molecular flexibility index (Phi) is 5.90. The third-order valence-corrected chi connectivity index (χ3v) is 4.29. The minimum absolute atomic E-state index is 0.129. The van der Waals surface area contributed by atoms with Crippen LogP contribution in [0.5, 0.6) is 5.75 Å². The van der Waals surface area contributed by atoms with E-state index in [1.165, 1.54) is 0 Å². The number of ether oxygens (including phenoxy) is 1. The number of hydrazine groups is 1. The van der Waals surface area contributed by atoms with E-state index in [9.17, 15) is 0 Å². The second-order valence-corrected chi connectivity index (χ2v) is 6.30. The molecule has 0 fully saturated rings. The van der Waals surface area contributed by atoms with Crippen molar-refractivity contribution in [1.29, 1.82) is 0 Å². The summed E-state index contributed by atoms with van der Waals surface area (Å²) in [5.74, 6) is 6.40. The molecule has 0 saturated heterocycles. The van der Waals surface area contributed by atoms with Gasteiger partial charge in [0.2, 0.25) is 0 Å². The molecule has 3 N–H and O–H groups in total.